The Labute approximate surface area is 133 Å². The molecule has 1 amide bonds. The number of rotatable bonds is 6. The molecule has 1 aliphatic rings. The molecule has 1 unspecified atom stereocenters. The minimum Gasteiger partial charge on any atom is -0.383 e. The van der Waals surface area contributed by atoms with Gasteiger partial charge in [-0.2, -0.15) is 0 Å². The van der Waals surface area contributed by atoms with Crippen LogP contribution in [-0.4, -0.2) is 31.1 Å². The summed E-state index contributed by atoms with van der Waals surface area (Å²) in [5.74, 6) is 0.447. The predicted octanol–water partition coefficient (Wildman–Crippen LogP) is 2.65. The van der Waals surface area contributed by atoms with Crippen LogP contribution in [-0.2, 0) is 22.5 Å². The van der Waals surface area contributed by atoms with Gasteiger partial charge in [0, 0.05) is 26.1 Å². The van der Waals surface area contributed by atoms with Crippen LogP contribution in [0.4, 0.5) is 0 Å². The first-order chi connectivity index (χ1) is 10.6. The van der Waals surface area contributed by atoms with Gasteiger partial charge in [0.25, 0.3) is 0 Å². The monoisotopic (exact) mass is 304 g/mol. The van der Waals surface area contributed by atoms with Crippen molar-refractivity contribution in [2.24, 2.45) is 11.7 Å². The van der Waals surface area contributed by atoms with Crippen molar-refractivity contribution < 1.29 is 9.53 Å². The van der Waals surface area contributed by atoms with E-state index in [9.17, 15) is 4.79 Å². The second-order valence-corrected chi connectivity index (χ2v) is 6.11. The number of methoxy groups -OCH3 is 1. The first-order valence-corrected chi connectivity index (χ1v) is 8.25. The summed E-state index contributed by atoms with van der Waals surface area (Å²) >= 11 is 0. The Hall–Kier alpha value is -1.39. The van der Waals surface area contributed by atoms with E-state index in [-0.39, 0.29) is 12.0 Å². The second kappa shape index (κ2) is 7.75. The zero-order valence-corrected chi connectivity index (χ0v) is 14.0. The van der Waals surface area contributed by atoms with Gasteiger partial charge in [-0.05, 0) is 36.0 Å². The SMILES string of the molecule is CCC(CC)C(=O)N1CCc2ccc(C(N)COC)cc2C1. The van der Waals surface area contributed by atoms with E-state index in [0.717, 1.165) is 31.4 Å². The quantitative estimate of drug-likeness (QED) is 0.879. The largest absolute Gasteiger partial charge is 0.383 e. The lowest BCUT2D eigenvalue weighted by Crippen LogP contribution is -2.39. The molecule has 1 atom stereocenters. The summed E-state index contributed by atoms with van der Waals surface area (Å²) < 4.78 is 5.13. The van der Waals surface area contributed by atoms with Gasteiger partial charge >= 0.3 is 0 Å². The Balaban J connectivity index is 2.14. The number of carbonyl (C=O) groups is 1. The highest BCUT2D eigenvalue weighted by Crippen LogP contribution is 2.25. The number of fused-ring (bicyclic) bond motifs is 1. The van der Waals surface area contributed by atoms with Crippen LogP contribution in [0.2, 0.25) is 0 Å². The number of ether oxygens (including phenoxy) is 1. The number of hydrogen-bond acceptors (Lipinski definition) is 3. The van der Waals surface area contributed by atoms with Gasteiger partial charge in [0.15, 0.2) is 0 Å². The van der Waals surface area contributed by atoms with E-state index in [0.29, 0.717) is 19.1 Å². The molecule has 2 N–H and O–H groups in total. The zero-order valence-electron chi connectivity index (χ0n) is 14.0. The third-order valence-electron chi connectivity index (χ3n) is 4.66. The van der Waals surface area contributed by atoms with Gasteiger partial charge in [-0.15, -0.1) is 0 Å². The zero-order chi connectivity index (χ0) is 16.1. The summed E-state index contributed by atoms with van der Waals surface area (Å²) in [6.07, 6.45) is 2.76. The van der Waals surface area contributed by atoms with E-state index in [1.54, 1.807) is 7.11 Å². The van der Waals surface area contributed by atoms with Crippen molar-refractivity contribution >= 4 is 5.91 Å². The number of hydrogen-bond donors (Lipinski definition) is 1. The Kier molecular flexibility index (Phi) is 5.98. The lowest BCUT2D eigenvalue weighted by atomic mass is 9.93. The summed E-state index contributed by atoms with van der Waals surface area (Å²) in [4.78, 5) is 14.6. The van der Waals surface area contributed by atoms with E-state index < -0.39 is 0 Å². The molecule has 0 spiro atoms. The predicted molar refractivity (Wildman–Crippen MR) is 88.4 cm³/mol. The van der Waals surface area contributed by atoms with Crippen LogP contribution in [0, 0.1) is 5.92 Å². The minimum absolute atomic E-state index is 0.111. The number of carbonyl (C=O) groups excluding carboxylic acids is 1. The van der Waals surface area contributed by atoms with E-state index in [1.807, 2.05) is 4.90 Å². The molecule has 4 heteroatoms. The maximum absolute atomic E-state index is 12.6. The molecule has 0 radical (unpaired) electrons. The molecule has 1 heterocycles. The fraction of sp³-hybridized carbons (Fsp3) is 0.611. The average Bonchev–Trinajstić information content (AvgIpc) is 2.55. The summed E-state index contributed by atoms with van der Waals surface area (Å²) in [5, 5.41) is 0. The Morgan fingerprint density at radius 1 is 1.32 bits per heavy atom. The molecule has 2 rings (SSSR count). The summed E-state index contributed by atoms with van der Waals surface area (Å²) in [7, 11) is 1.66. The van der Waals surface area contributed by atoms with E-state index in [2.05, 4.69) is 32.0 Å². The standard InChI is InChI=1S/C18H28N2O2/c1-4-13(5-2)18(21)20-9-8-14-6-7-15(10-16(14)11-20)17(19)12-22-3/h6-7,10,13,17H,4-5,8-9,11-12,19H2,1-3H3. The smallest absolute Gasteiger partial charge is 0.225 e. The molecule has 122 valence electrons. The van der Waals surface area contributed by atoms with Crippen molar-refractivity contribution in [1.29, 1.82) is 0 Å². The normalized spacial score (nSPS) is 15.8. The lowest BCUT2D eigenvalue weighted by molar-refractivity contribution is -0.136. The fourth-order valence-corrected chi connectivity index (χ4v) is 3.17. The molecule has 4 nitrogen and oxygen atoms in total. The first-order valence-electron chi connectivity index (χ1n) is 8.25. The second-order valence-electron chi connectivity index (χ2n) is 6.11. The number of amides is 1. The van der Waals surface area contributed by atoms with Crippen LogP contribution >= 0.6 is 0 Å². The molecular formula is C18H28N2O2. The maximum Gasteiger partial charge on any atom is 0.225 e. The van der Waals surface area contributed by atoms with Crippen LogP contribution in [0.1, 0.15) is 49.4 Å². The highest BCUT2D eigenvalue weighted by molar-refractivity contribution is 5.79. The molecule has 1 aromatic rings. The van der Waals surface area contributed by atoms with E-state index in [4.69, 9.17) is 10.5 Å². The van der Waals surface area contributed by atoms with Crippen LogP contribution in [0.5, 0.6) is 0 Å². The molecule has 1 aromatic carbocycles. The van der Waals surface area contributed by atoms with Gasteiger partial charge in [0.1, 0.15) is 0 Å². The van der Waals surface area contributed by atoms with Crippen LogP contribution in [0.25, 0.3) is 0 Å². The minimum atomic E-state index is -0.111. The first kappa shape index (κ1) is 17.0. The number of benzene rings is 1. The average molecular weight is 304 g/mol. The van der Waals surface area contributed by atoms with Crippen LogP contribution in [0.3, 0.4) is 0 Å². The Morgan fingerprint density at radius 2 is 2.05 bits per heavy atom. The highest BCUT2D eigenvalue weighted by Gasteiger charge is 2.25. The maximum atomic E-state index is 12.6. The molecule has 22 heavy (non-hydrogen) atoms. The number of nitrogens with two attached hydrogens (primary N) is 1. The molecule has 0 fully saturated rings. The molecule has 0 saturated carbocycles. The van der Waals surface area contributed by atoms with E-state index in [1.165, 1.54) is 11.1 Å². The van der Waals surface area contributed by atoms with Crippen molar-refractivity contribution in [2.45, 2.75) is 45.7 Å². The van der Waals surface area contributed by atoms with Gasteiger partial charge < -0.3 is 15.4 Å². The van der Waals surface area contributed by atoms with E-state index >= 15 is 0 Å². The molecule has 0 aromatic heterocycles. The van der Waals surface area contributed by atoms with Gasteiger partial charge in [-0.1, -0.05) is 32.0 Å². The fourth-order valence-electron chi connectivity index (χ4n) is 3.17. The lowest BCUT2D eigenvalue weighted by Gasteiger charge is -2.32. The Morgan fingerprint density at radius 3 is 2.68 bits per heavy atom. The third kappa shape index (κ3) is 3.68. The summed E-state index contributed by atoms with van der Waals surface area (Å²) in [6, 6.07) is 6.27. The van der Waals surface area contributed by atoms with Crippen molar-refractivity contribution in [3.63, 3.8) is 0 Å². The van der Waals surface area contributed by atoms with Gasteiger partial charge in [0.05, 0.1) is 12.6 Å². The van der Waals surface area contributed by atoms with Crippen molar-refractivity contribution in [3.05, 3.63) is 34.9 Å². The molecule has 0 saturated heterocycles. The van der Waals surface area contributed by atoms with Gasteiger partial charge in [-0.25, -0.2) is 0 Å². The van der Waals surface area contributed by atoms with Crippen molar-refractivity contribution in [2.75, 3.05) is 20.3 Å². The van der Waals surface area contributed by atoms with Crippen molar-refractivity contribution in [1.82, 2.24) is 4.90 Å². The van der Waals surface area contributed by atoms with Gasteiger partial charge in [0.2, 0.25) is 5.91 Å². The topological polar surface area (TPSA) is 55.6 Å². The van der Waals surface area contributed by atoms with Crippen LogP contribution < -0.4 is 5.73 Å². The highest BCUT2D eigenvalue weighted by atomic mass is 16.5. The Bertz CT molecular complexity index is 512. The molecule has 0 bridgehead atoms. The van der Waals surface area contributed by atoms with Crippen molar-refractivity contribution in [3.8, 4) is 0 Å². The van der Waals surface area contributed by atoms with Crippen LogP contribution in [0.15, 0.2) is 18.2 Å². The molecule has 0 aliphatic carbocycles. The summed E-state index contributed by atoms with van der Waals surface area (Å²) in [5.41, 5.74) is 9.77. The molecular weight excluding hydrogens is 276 g/mol. The summed E-state index contributed by atoms with van der Waals surface area (Å²) in [6.45, 7) is 6.22. The third-order valence-corrected chi connectivity index (χ3v) is 4.66. The number of nitrogens with zero attached hydrogens (tertiary/aromatic N) is 1. The van der Waals surface area contributed by atoms with Gasteiger partial charge in [-0.3, -0.25) is 4.79 Å². The molecule has 1 aliphatic heterocycles.